The normalized spacial score (nSPS) is 48.5. The first-order valence-corrected chi connectivity index (χ1v) is 27.6. The fourth-order valence-electron chi connectivity index (χ4n) is 18.0. The largest absolute Gasteiger partial charge is 0.458 e. The molecule has 5 unspecified atom stereocenters. The molecule has 12 rings (SSSR count). The van der Waals surface area contributed by atoms with Crippen molar-refractivity contribution in [2.24, 2.45) is 51.8 Å². The number of carbonyl (C=O) groups is 3. The standard InChI is InChI=1S/C58H80N2O11/c1-30(2)56-46(70-56)47-58(71-47)55(9)22-20-38-39(28-66-48(38)63)42(55)25-45-57(58,69-45)49(56)68-51(65)60-53(7)27-36(26-52(5,6)29-53)59-50(64)67-44-24-37(61)23-35(32(44)4)16-13-33-11-10-21-54(8)40(17-18-41(33)54)31(3)12-19-43(62)34-14-15-34/h12-13,16,19,30-31,34,36-37,40-47,49,61-62H,4,10-11,14-15,17-18,20-29H2,1-3,5-9H3,(H,59,64)(H,60,65)/b19-12+,33-13+,35-16-/t31-,36?,37+,40?,41?,42-,43?,44-,45-,46-,47-,49+,53?,54+,55-,56-,57+,58+/m0/s1. The third-order valence-corrected chi connectivity index (χ3v) is 21.3. The van der Waals surface area contributed by atoms with E-state index in [1.165, 1.54) is 18.4 Å². The summed E-state index contributed by atoms with van der Waals surface area (Å²) in [7, 11) is 0. The van der Waals surface area contributed by atoms with Gasteiger partial charge in [-0.25, -0.2) is 14.4 Å². The Kier molecular flexibility index (Phi) is 11.1. The van der Waals surface area contributed by atoms with Crippen LogP contribution < -0.4 is 10.6 Å². The Bertz CT molecular complexity index is 2420. The molecule has 0 aromatic carbocycles. The Morgan fingerprint density at radius 2 is 1.68 bits per heavy atom. The molecular weight excluding hydrogens is 901 g/mol. The summed E-state index contributed by atoms with van der Waals surface area (Å²) in [5, 5.41) is 28.1. The van der Waals surface area contributed by atoms with E-state index in [2.05, 4.69) is 90.0 Å². The maximum atomic E-state index is 14.5. The van der Waals surface area contributed by atoms with Crippen LogP contribution in [0.15, 0.2) is 58.7 Å². The van der Waals surface area contributed by atoms with E-state index in [0.29, 0.717) is 68.8 Å². The van der Waals surface area contributed by atoms with Crippen LogP contribution in [0.2, 0.25) is 0 Å². The van der Waals surface area contributed by atoms with Crippen molar-refractivity contribution in [3.05, 3.63) is 58.7 Å². The number of esters is 1. The lowest BCUT2D eigenvalue weighted by Crippen LogP contribution is -2.70. The summed E-state index contributed by atoms with van der Waals surface area (Å²) in [6.07, 6.45) is 17.3. The zero-order valence-electron chi connectivity index (χ0n) is 43.5. The number of aliphatic hydroxyl groups is 2. The summed E-state index contributed by atoms with van der Waals surface area (Å²) in [6.45, 7) is 22.4. The summed E-state index contributed by atoms with van der Waals surface area (Å²) >= 11 is 0. The second kappa shape index (κ2) is 16.3. The molecule has 388 valence electrons. The third-order valence-electron chi connectivity index (χ3n) is 21.3. The summed E-state index contributed by atoms with van der Waals surface area (Å²) < 4.78 is 38.9. The number of amides is 2. The van der Waals surface area contributed by atoms with Gasteiger partial charge in [0.1, 0.15) is 36.1 Å². The second-order valence-electron chi connectivity index (χ2n) is 26.7. The van der Waals surface area contributed by atoms with E-state index in [1.807, 2.05) is 6.92 Å². The number of carbonyl (C=O) groups excluding carboxylic acids is 3. The van der Waals surface area contributed by atoms with Crippen molar-refractivity contribution in [3.63, 3.8) is 0 Å². The molecule has 18 atom stereocenters. The van der Waals surface area contributed by atoms with Gasteiger partial charge in [0.25, 0.3) is 0 Å². The van der Waals surface area contributed by atoms with Gasteiger partial charge in [0.15, 0.2) is 11.7 Å². The molecule has 71 heavy (non-hydrogen) atoms. The van der Waals surface area contributed by atoms with Gasteiger partial charge in [0, 0.05) is 29.0 Å². The van der Waals surface area contributed by atoms with Crippen molar-refractivity contribution in [2.75, 3.05) is 6.61 Å². The van der Waals surface area contributed by atoms with Crippen LogP contribution in [0.1, 0.15) is 152 Å². The van der Waals surface area contributed by atoms with Crippen LogP contribution in [0, 0.1) is 51.8 Å². The van der Waals surface area contributed by atoms with Gasteiger partial charge < -0.3 is 49.3 Å². The minimum Gasteiger partial charge on any atom is -0.458 e. The molecule has 3 saturated heterocycles. The Morgan fingerprint density at radius 1 is 0.887 bits per heavy atom. The lowest BCUT2D eigenvalue weighted by molar-refractivity contribution is -0.136. The molecule has 12 aliphatic rings. The van der Waals surface area contributed by atoms with E-state index >= 15 is 0 Å². The molecule has 0 bridgehead atoms. The fraction of sp³-hybridized carbons (Fsp3) is 0.776. The smallest absolute Gasteiger partial charge is 0.408 e. The maximum absolute atomic E-state index is 14.5. The van der Waals surface area contributed by atoms with Crippen molar-refractivity contribution in [1.82, 2.24) is 10.6 Å². The number of aliphatic hydroxyl groups excluding tert-OH is 2. The Balaban J connectivity index is 0.701. The first-order chi connectivity index (χ1) is 33.6. The predicted molar refractivity (Wildman–Crippen MR) is 263 cm³/mol. The summed E-state index contributed by atoms with van der Waals surface area (Å²) in [5.41, 5.74) is 1.53. The van der Waals surface area contributed by atoms with Crippen LogP contribution >= 0.6 is 0 Å². The second-order valence-corrected chi connectivity index (χ2v) is 26.7. The number of fused-ring (bicyclic) bond motifs is 5. The number of rotatable bonds is 10. The highest BCUT2D eigenvalue weighted by Crippen LogP contribution is 2.83. The molecular formula is C58H80N2O11. The number of epoxide rings is 3. The van der Waals surface area contributed by atoms with Gasteiger partial charge in [-0.2, -0.15) is 0 Å². The average Bonchev–Trinajstić information content (AvgIpc) is 4.13. The lowest BCUT2D eigenvalue weighted by Gasteiger charge is -2.53. The number of nitrogens with one attached hydrogen (secondary N) is 2. The molecule has 0 aromatic rings. The van der Waals surface area contributed by atoms with Crippen LogP contribution in [-0.2, 0) is 33.2 Å². The number of hydrogen-bond donors (Lipinski definition) is 4. The molecule has 4 aliphatic heterocycles. The molecule has 8 aliphatic carbocycles. The van der Waals surface area contributed by atoms with E-state index in [9.17, 15) is 24.6 Å². The van der Waals surface area contributed by atoms with Crippen molar-refractivity contribution >= 4 is 18.2 Å². The van der Waals surface area contributed by atoms with Gasteiger partial charge in [-0.3, -0.25) is 0 Å². The molecule has 0 aromatic heterocycles. The molecule has 4 N–H and O–H groups in total. The molecule has 2 amide bonds. The highest BCUT2D eigenvalue weighted by Gasteiger charge is 3.01. The number of ether oxygens (including phenoxy) is 6. The minimum absolute atomic E-state index is 0.0242. The fourth-order valence-corrected chi connectivity index (χ4v) is 18.0. The van der Waals surface area contributed by atoms with Gasteiger partial charge in [0.2, 0.25) is 0 Å². The SMILES string of the molecule is C=C1/C(=C\C=C2/CCC[C@@]3(C)C2CCC3[C@@H](C)/C=C/C(O)C2CC2)C[C@@H](O)C[C@@H]1OC(=O)NC1CC(C)(C)CC(C)(NC(=O)O[C@@H]2[C@@]3(C(C)C)O[C@H]3[C@@H]3O[C@]34[C@]23O[C@H]3C[C@H]2C3=C(CC[C@@]24C)C(=O)OC3)C1. The number of hydrogen-bond acceptors (Lipinski definition) is 11. The van der Waals surface area contributed by atoms with Crippen molar-refractivity contribution in [3.8, 4) is 0 Å². The van der Waals surface area contributed by atoms with Gasteiger partial charge >= 0.3 is 18.2 Å². The maximum Gasteiger partial charge on any atom is 0.408 e. The lowest BCUT2D eigenvalue weighted by atomic mass is 9.46. The van der Waals surface area contributed by atoms with Gasteiger partial charge in [-0.15, -0.1) is 0 Å². The monoisotopic (exact) mass is 981 g/mol. The highest BCUT2D eigenvalue weighted by atomic mass is 16.8. The molecule has 13 heteroatoms. The summed E-state index contributed by atoms with van der Waals surface area (Å²) in [4.78, 5) is 41.1. The quantitative estimate of drug-likeness (QED) is 0.0710. The van der Waals surface area contributed by atoms with E-state index in [0.717, 1.165) is 60.8 Å². The number of alkyl carbamates (subject to hydrolysis) is 2. The average molecular weight is 981 g/mol. The van der Waals surface area contributed by atoms with Crippen LogP contribution in [-0.4, -0.2) is 106 Å². The molecule has 13 nitrogen and oxygen atoms in total. The van der Waals surface area contributed by atoms with Crippen LogP contribution in [0.3, 0.4) is 0 Å². The van der Waals surface area contributed by atoms with Crippen molar-refractivity contribution in [2.45, 2.75) is 223 Å². The summed E-state index contributed by atoms with van der Waals surface area (Å²) in [5.74, 6) is 1.81. The van der Waals surface area contributed by atoms with E-state index in [4.69, 9.17) is 28.4 Å². The van der Waals surface area contributed by atoms with Crippen LogP contribution in [0.5, 0.6) is 0 Å². The Morgan fingerprint density at radius 3 is 2.44 bits per heavy atom. The Labute approximate surface area is 420 Å². The first-order valence-electron chi connectivity index (χ1n) is 27.6. The molecule has 7 saturated carbocycles. The van der Waals surface area contributed by atoms with Gasteiger partial charge in [-0.05, 0) is 160 Å². The highest BCUT2D eigenvalue weighted by molar-refractivity contribution is 5.92. The Hall–Kier alpha value is -3.49. The summed E-state index contributed by atoms with van der Waals surface area (Å²) in [6, 6.07) is -0.311. The van der Waals surface area contributed by atoms with Crippen molar-refractivity contribution in [1.29, 1.82) is 0 Å². The van der Waals surface area contributed by atoms with Crippen molar-refractivity contribution < 1.29 is 53.0 Å². The van der Waals surface area contributed by atoms with E-state index in [-0.39, 0.29) is 70.9 Å². The topological polar surface area (TPSA) is 181 Å². The third kappa shape index (κ3) is 7.32. The molecule has 2 spiro atoms. The van der Waals surface area contributed by atoms with Gasteiger partial charge in [0.05, 0.1) is 18.3 Å². The van der Waals surface area contributed by atoms with E-state index < -0.39 is 52.8 Å². The van der Waals surface area contributed by atoms with Crippen LogP contribution in [0.25, 0.3) is 0 Å². The number of cyclic esters (lactones) is 1. The zero-order chi connectivity index (χ0) is 50.0. The molecule has 0 radical (unpaired) electrons. The first kappa shape index (κ1) is 48.4. The zero-order valence-corrected chi connectivity index (χ0v) is 43.5. The molecule has 10 fully saturated rings. The minimum atomic E-state index is -0.865. The van der Waals surface area contributed by atoms with Crippen LogP contribution in [0.4, 0.5) is 9.59 Å². The molecule has 4 heterocycles. The predicted octanol–water partition coefficient (Wildman–Crippen LogP) is 9.01. The number of allylic oxidation sites excluding steroid dienone is 4. The van der Waals surface area contributed by atoms with E-state index in [1.54, 1.807) is 0 Å². The van der Waals surface area contributed by atoms with Gasteiger partial charge in [-0.1, -0.05) is 84.9 Å².